The molecule has 2 nitrogen and oxygen atoms in total. The van der Waals surface area contributed by atoms with E-state index in [0.29, 0.717) is 16.5 Å². The van der Waals surface area contributed by atoms with Crippen molar-refractivity contribution >= 4 is 23.2 Å². The zero-order chi connectivity index (χ0) is 15.2. The van der Waals surface area contributed by atoms with Gasteiger partial charge in [0.25, 0.3) is 0 Å². The van der Waals surface area contributed by atoms with Crippen molar-refractivity contribution in [3.8, 4) is 0 Å². The van der Waals surface area contributed by atoms with E-state index in [9.17, 15) is 5.11 Å². The van der Waals surface area contributed by atoms with Crippen LogP contribution in [0.4, 0.5) is 0 Å². The van der Waals surface area contributed by atoms with E-state index < -0.39 is 6.10 Å². The summed E-state index contributed by atoms with van der Waals surface area (Å²) >= 11 is 11.9. The molecule has 2 rings (SSSR count). The van der Waals surface area contributed by atoms with Gasteiger partial charge >= 0.3 is 0 Å². The van der Waals surface area contributed by atoms with Gasteiger partial charge in [-0.3, -0.25) is 0 Å². The minimum absolute atomic E-state index is 0.478. The Kier molecular flexibility index (Phi) is 6.07. The maximum absolute atomic E-state index is 10.2. The Hall–Kier alpha value is -1.06. The van der Waals surface area contributed by atoms with Gasteiger partial charge in [-0.25, -0.2) is 0 Å². The van der Waals surface area contributed by atoms with Gasteiger partial charge in [0.15, 0.2) is 0 Å². The minimum Gasteiger partial charge on any atom is -0.388 e. The SMILES string of the molecule is CN(CCC(O)c1ccc(Cl)c(Cl)c1)Cc1ccccc1. The molecule has 0 aromatic heterocycles. The van der Waals surface area contributed by atoms with Crippen LogP contribution in [0.15, 0.2) is 48.5 Å². The predicted molar refractivity (Wildman–Crippen MR) is 88.8 cm³/mol. The third kappa shape index (κ3) is 5.01. The molecule has 1 unspecified atom stereocenters. The maximum Gasteiger partial charge on any atom is 0.0802 e. The number of halogens is 2. The van der Waals surface area contributed by atoms with Gasteiger partial charge < -0.3 is 10.0 Å². The summed E-state index contributed by atoms with van der Waals surface area (Å²) in [7, 11) is 2.05. The van der Waals surface area contributed by atoms with Gasteiger partial charge in [-0.05, 0) is 36.7 Å². The van der Waals surface area contributed by atoms with E-state index in [1.54, 1.807) is 12.1 Å². The Balaban J connectivity index is 1.85. The minimum atomic E-state index is -0.530. The molecule has 1 atom stereocenters. The van der Waals surface area contributed by atoms with Crippen molar-refractivity contribution in [2.75, 3.05) is 13.6 Å². The number of hydrogen-bond acceptors (Lipinski definition) is 2. The average molecular weight is 324 g/mol. The van der Waals surface area contributed by atoms with Crippen molar-refractivity contribution in [3.05, 3.63) is 69.7 Å². The quantitative estimate of drug-likeness (QED) is 0.843. The molecule has 0 fully saturated rings. The summed E-state index contributed by atoms with van der Waals surface area (Å²) in [5.41, 5.74) is 2.07. The molecule has 0 radical (unpaired) electrons. The number of hydrogen-bond donors (Lipinski definition) is 1. The van der Waals surface area contributed by atoms with Crippen LogP contribution in [0.25, 0.3) is 0 Å². The Bertz CT molecular complexity index is 574. The standard InChI is InChI=1S/C17H19Cl2NO/c1-20(12-13-5-3-2-4-6-13)10-9-17(21)14-7-8-15(18)16(19)11-14/h2-8,11,17,21H,9-10,12H2,1H3. The van der Waals surface area contributed by atoms with Crippen LogP contribution >= 0.6 is 23.2 Å². The van der Waals surface area contributed by atoms with Gasteiger partial charge in [0.2, 0.25) is 0 Å². The monoisotopic (exact) mass is 323 g/mol. The van der Waals surface area contributed by atoms with Crippen molar-refractivity contribution < 1.29 is 5.11 Å². The Morgan fingerprint density at radius 1 is 1.05 bits per heavy atom. The summed E-state index contributed by atoms with van der Waals surface area (Å²) in [5, 5.41) is 11.2. The maximum atomic E-state index is 10.2. The van der Waals surface area contributed by atoms with Gasteiger partial charge in [-0.2, -0.15) is 0 Å². The highest BCUT2D eigenvalue weighted by atomic mass is 35.5. The van der Waals surface area contributed by atoms with E-state index in [2.05, 4.69) is 24.1 Å². The molecule has 0 aliphatic carbocycles. The summed E-state index contributed by atoms with van der Waals surface area (Å²) in [6.45, 7) is 1.67. The van der Waals surface area contributed by atoms with Crippen LogP contribution in [0.2, 0.25) is 10.0 Å². The highest BCUT2D eigenvalue weighted by Crippen LogP contribution is 2.26. The molecular formula is C17H19Cl2NO. The summed E-state index contributed by atoms with van der Waals surface area (Å²) in [4.78, 5) is 2.19. The molecule has 0 saturated carbocycles. The first-order valence-corrected chi connectivity index (χ1v) is 7.67. The van der Waals surface area contributed by atoms with Crippen LogP contribution in [-0.4, -0.2) is 23.6 Å². The van der Waals surface area contributed by atoms with E-state index in [1.165, 1.54) is 5.56 Å². The Morgan fingerprint density at radius 3 is 2.43 bits per heavy atom. The van der Waals surface area contributed by atoms with Gasteiger partial charge in [-0.15, -0.1) is 0 Å². The van der Waals surface area contributed by atoms with Crippen molar-refractivity contribution in [3.63, 3.8) is 0 Å². The Morgan fingerprint density at radius 2 is 1.76 bits per heavy atom. The largest absolute Gasteiger partial charge is 0.388 e. The zero-order valence-electron chi connectivity index (χ0n) is 12.0. The smallest absolute Gasteiger partial charge is 0.0802 e. The number of aliphatic hydroxyl groups is 1. The van der Waals surface area contributed by atoms with E-state index >= 15 is 0 Å². The molecule has 2 aromatic carbocycles. The molecule has 0 saturated heterocycles. The van der Waals surface area contributed by atoms with Crippen molar-refractivity contribution in [1.29, 1.82) is 0 Å². The molecule has 0 amide bonds. The molecule has 2 aromatic rings. The van der Waals surface area contributed by atoms with Gasteiger partial charge in [0, 0.05) is 13.1 Å². The highest BCUT2D eigenvalue weighted by molar-refractivity contribution is 6.42. The fourth-order valence-corrected chi connectivity index (χ4v) is 2.51. The van der Waals surface area contributed by atoms with Crippen LogP contribution in [0.3, 0.4) is 0 Å². The van der Waals surface area contributed by atoms with Crippen LogP contribution in [0, 0.1) is 0 Å². The number of aliphatic hydroxyl groups excluding tert-OH is 1. The van der Waals surface area contributed by atoms with Crippen molar-refractivity contribution in [1.82, 2.24) is 4.90 Å². The molecule has 112 valence electrons. The highest BCUT2D eigenvalue weighted by Gasteiger charge is 2.11. The molecule has 0 aliphatic rings. The van der Waals surface area contributed by atoms with E-state index in [-0.39, 0.29) is 0 Å². The lowest BCUT2D eigenvalue weighted by Gasteiger charge is -2.19. The molecule has 0 bridgehead atoms. The molecule has 0 aliphatic heterocycles. The van der Waals surface area contributed by atoms with E-state index in [0.717, 1.165) is 18.7 Å². The second-order valence-electron chi connectivity index (χ2n) is 5.20. The second-order valence-corrected chi connectivity index (χ2v) is 6.02. The third-order valence-corrected chi connectivity index (χ3v) is 4.15. The molecule has 0 heterocycles. The second kappa shape index (κ2) is 7.81. The first-order valence-electron chi connectivity index (χ1n) is 6.92. The lowest BCUT2D eigenvalue weighted by Crippen LogP contribution is -2.20. The first kappa shape index (κ1) is 16.3. The van der Waals surface area contributed by atoms with E-state index in [4.69, 9.17) is 23.2 Å². The average Bonchev–Trinajstić information content (AvgIpc) is 2.48. The summed E-state index contributed by atoms with van der Waals surface area (Å²) in [6, 6.07) is 15.6. The molecular weight excluding hydrogens is 305 g/mol. The predicted octanol–water partition coefficient (Wildman–Crippen LogP) is 4.55. The van der Waals surface area contributed by atoms with E-state index in [1.807, 2.05) is 24.3 Å². The summed E-state index contributed by atoms with van der Waals surface area (Å²) in [5.74, 6) is 0. The molecule has 1 N–H and O–H groups in total. The van der Waals surface area contributed by atoms with Crippen LogP contribution < -0.4 is 0 Å². The third-order valence-electron chi connectivity index (χ3n) is 3.41. The lowest BCUT2D eigenvalue weighted by atomic mass is 10.1. The zero-order valence-corrected chi connectivity index (χ0v) is 13.5. The number of benzene rings is 2. The van der Waals surface area contributed by atoms with Crippen LogP contribution in [0.5, 0.6) is 0 Å². The van der Waals surface area contributed by atoms with Gasteiger partial charge in [0.1, 0.15) is 0 Å². The van der Waals surface area contributed by atoms with Gasteiger partial charge in [0.05, 0.1) is 16.1 Å². The van der Waals surface area contributed by atoms with Crippen LogP contribution in [0.1, 0.15) is 23.7 Å². The molecule has 0 spiro atoms. The lowest BCUT2D eigenvalue weighted by molar-refractivity contribution is 0.147. The topological polar surface area (TPSA) is 23.5 Å². The molecule has 4 heteroatoms. The fraction of sp³-hybridized carbons (Fsp3) is 0.294. The summed E-state index contributed by atoms with van der Waals surface area (Å²) < 4.78 is 0. The van der Waals surface area contributed by atoms with Gasteiger partial charge in [-0.1, -0.05) is 59.6 Å². The molecule has 21 heavy (non-hydrogen) atoms. The fourth-order valence-electron chi connectivity index (χ4n) is 2.20. The normalized spacial score (nSPS) is 12.6. The number of rotatable bonds is 6. The summed E-state index contributed by atoms with van der Waals surface area (Å²) in [6.07, 6.45) is 0.124. The van der Waals surface area contributed by atoms with Crippen molar-refractivity contribution in [2.45, 2.75) is 19.1 Å². The van der Waals surface area contributed by atoms with Crippen LogP contribution in [-0.2, 0) is 6.54 Å². The number of nitrogens with zero attached hydrogens (tertiary/aromatic N) is 1. The Labute approximate surface area is 135 Å². The first-order chi connectivity index (χ1) is 10.1. The van der Waals surface area contributed by atoms with Crippen molar-refractivity contribution in [2.24, 2.45) is 0 Å².